The number of nitrogens with zero attached hydrogens (tertiary/aromatic N) is 4. The first-order valence-electron chi connectivity index (χ1n) is 9.90. The molecule has 7 nitrogen and oxygen atoms in total. The minimum absolute atomic E-state index is 0.0173. The summed E-state index contributed by atoms with van der Waals surface area (Å²) in [4.78, 5) is 17.8. The van der Waals surface area contributed by atoms with Gasteiger partial charge in [0.1, 0.15) is 17.6 Å². The van der Waals surface area contributed by atoms with Crippen LogP contribution in [0.15, 0.2) is 27.5 Å². The van der Waals surface area contributed by atoms with E-state index in [1.165, 1.54) is 19.2 Å². The lowest BCUT2D eigenvalue weighted by molar-refractivity contribution is 0.385. The van der Waals surface area contributed by atoms with Gasteiger partial charge < -0.3 is 9.26 Å². The number of fused-ring (bicyclic) bond motifs is 1. The molecule has 1 aliphatic rings. The number of hydrogen-bond acceptors (Lipinski definition) is 6. The molecule has 0 atom stereocenters. The Morgan fingerprint density at radius 3 is 2.83 bits per heavy atom. The highest BCUT2D eigenvalue weighted by Crippen LogP contribution is 2.30. The number of halogens is 1. The van der Waals surface area contributed by atoms with Gasteiger partial charge in [0.25, 0.3) is 5.56 Å². The first-order valence-corrected chi connectivity index (χ1v) is 9.90. The minimum Gasteiger partial charge on any atom is -0.494 e. The van der Waals surface area contributed by atoms with E-state index in [2.05, 4.69) is 5.16 Å². The Labute approximate surface area is 172 Å². The Balaban J connectivity index is 1.70. The highest BCUT2D eigenvalue weighted by Gasteiger charge is 2.20. The topological polar surface area (TPSA) is 93.9 Å². The van der Waals surface area contributed by atoms with Crippen LogP contribution in [-0.4, -0.2) is 21.8 Å². The van der Waals surface area contributed by atoms with E-state index in [0.717, 1.165) is 42.8 Å². The van der Waals surface area contributed by atoms with Crippen LogP contribution < -0.4 is 10.3 Å². The lowest BCUT2D eigenvalue weighted by atomic mass is 9.97. The summed E-state index contributed by atoms with van der Waals surface area (Å²) in [7, 11) is 1.33. The molecule has 0 spiro atoms. The van der Waals surface area contributed by atoms with Crippen LogP contribution >= 0.6 is 0 Å². The summed E-state index contributed by atoms with van der Waals surface area (Å²) in [5, 5.41) is 13.2. The van der Waals surface area contributed by atoms with Gasteiger partial charge in [-0.2, -0.15) is 5.26 Å². The van der Waals surface area contributed by atoms with Crippen molar-refractivity contribution in [2.45, 2.75) is 45.6 Å². The van der Waals surface area contributed by atoms with Crippen LogP contribution in [0.25, 0.3) is 11.3 Å². The van der Waals surface area contributed by atoms with E-state index >= 15 is 0 Å². The summed E-state index contributed by atoms with van der Waals surface area (Å²) in [5.74, 6) is 0.311. The summed E-state index contributed by atoms with van der Waals surface area (Å²) in [6, 6.07) is 6.32. The minimum atomic E-state index is -0.720. The molecule has 0 unspecified atom stereocenters. The maximum absolute atomic E-state index is 14.1. The first-order chi connectivity index (χ1) is 14.5. The Bertz CT molecular complexity index is 1210. The Morgan fingerprint density at radius 2 is 2.10 bits per heavy atom. The molecule has 30 heavy (non-hydrogen) atoms. The number of aryl methyl sites for hydroxylation is 2. The molecular weight excluding hydrogens is 387 g/mol. The molecule has 4 rings (SSSR count). The van der Waals surface area contributed by atoms with E-state index in [4.69, 9.17) is 19.5 Å². The predicted molar refractivity (Wildman–Crippen MR) is 107 cm³/mol. The highest BCUT2D eigenvalue weighted by atomic mass is 19.1. The first kappa shape index (κ1) is 19.8. The Kier molecular flexibility index (Phi) is 5.36. The van der Waals surface area contributed by atoms with E-state index in [1.807, 2.05) is 13.0 Å². The second-order valence-electron chi connectivity index (χ2n) is 7.24. The molecule has 2 aromatic heterocycles. The molecule has 1 aromatic carbocycles. The van der Waals surface area contributed by atoms with Crippen molar-refractivity contribution >= 4 is 0 Å². The average molecular weight is 408 g/mol. The molecule has 0 saturated carbocycles. The van der Waals surface area contributed by atoms with Gasteiger partial charge in [-0.05, 0) is 37.8 Å². The zero-order valence-electron chi connectivity index (χ0n) is 16.9. The fourth-order valence-corrected chi connectivity index (χ4v) is 3.83. The molecule has 0 aliphatic heterocycles. The van der Waals surface area contributed by atoms with E-state index in [0.29, 0.717) is 23.4 Å². The fraction of sp³-hybridized carbons (Fsp3) is 0.364. The van der Waals surface area contributed by atoms with Crippen molar-refractivity contribution in [1.29, 1.82) is 5.26 Å². The van der Waals surface area contributed by atoms with Crippen LogP contribution in [0, 0.1) is 17.1 Å². The van der Waals surface area contributed by atoms with E-state index in [1.54, 1.807) is 10.6 Å². The summed E-state index contributed by atoms with van der Waals surface area (Å²) in [6.07, 6.45) is 4.29. The van der Waals surface area contributed by atoms with Gasteiger partial charge in [0.05, 0.1) is 24.9 Å². The number of methoxy groups -OCH3 is 1. The van der Waals surface area contributed by atoms with E-state index < -0.39 is 5.82 Å². The molecule has 0 saturated heterocycles. The molecule has 2 heterocycles. The van der Waals surface area contributed by atoms with Crippen LogP contribution in [-0.2, 0) is 25.8 Å². The third kappa shape index (κ3) is 3.47. The Hall–Kier alpha value is -3.47. The van der Waals surface area contributed by atoms with Gasteiger partial charge in [0.15, 0.2) is 17.3 Å². The standard InChI is InChI=1S/C22H21FN4O3/c1-3-20-25-17-7-5-4-6-16(17)22(28)27(20)12-15-10-18(30-26-15)13-8-14(11-24)21(23)19(9-13)29-2/h8-10H,3-7,12H2,1-2H3. The molecule has 0 N–H and O–H groups in total. The van der Waals surface area contributed by atoms with Crippen molar-refractivity contribution in [1.82, 2.24) is 14.7 Å². The number of ether oxygens (including phenoxy) is 1. The van der Waals surface area contributed by atoms with Crippen LogP contribution in [0.3, 0.4) is 0 Å². The summed E-state index contributed by atoms with van der Waals surface area (Å²) in [6.45, 7) is 2.20. The van der Waals surface area contributed by atoms with Gasteiger partial charge in [-0.1, -0.05) is 12.1 Å². The third-order valence-corrected chi connectivity index (χ3v) is 5.38. The van der Waals surface area contributed by atoms with Crippen LogP contribution in [0.1, 0.15) is 48.1 Å². The third-order valence-electron chi connectivity index (χ3n) is 5.38. The van der Waals surface area contributed by atoms with E-state index in [9.17, 15) is 9.18 Å². The van der Waals surface area contributed by atoms with E-state index in [-0.39, 0.29) is 23.4 Å². The molecule has 0 fully saturated rings. The van der Waals surface area contributed by atoms with Gasteiger partial charge in [-0.25, -0.2) is 9.37 Å². The maximum atomic E-state index is 14.1. The number of aromatic nitrogens is 3. The van der Waals surface area contributed by atoms with Crippen LogP contribution in [0.5, 0.6) is 5.75 Å². The second kappa shape index (κ2) is 8.11. The summed E-state index contributed by atoms with van der Waals surface area (Å²) in [5.41, 5.74) is 2.56. The number of benzene rings is 1. The zero-order chi connectivity index (χ0) is 21.3. The van der Waals surface area contributed by atoms with Crippen LogP contribution in [0.2, 0.25) is 0 Å². The lowest BCUT2D eigenvalue weighted by Crippen LogP contribution is -2.32. The predicted octanol–water partition coefficient (Wildman–Crippen LogP) is 3.41. The number of nitriles is 1. The highest BCUT2D eigenvalue weighted by molar-refractivity contribution is 5.63. The van der Waals surface area contributed by atoms with Crippen molar-refractivity contribution < 1.29 is 13.7 Å². The Morgan fingerprint density at radius 1 is 1.30 bits per heavy atom. The molecule has 0 amide bonds. The van der Waals surface area contributed by atoms with Gasteiger partial charge in [0.2, 0.25) is 0 Å². The largest absolute Gasteiger partial charge is 0.494 e. The van der Waals surface area contributed by atoms with Gasteiger partial charge in [0, 0.05) is 23.6 Å². The molecule has 1 aliphatic carbocycles. The summed E-state index contributed by atoms with van der Waals surface area (Å²) >= 11 is 0. The number of rotatable bonds is 5. The van der Waals surface area contributed by atoms with Crippen molar-refractivity contribution in [2.24, 2.45) is 0 Å². The smallest absolute Gasteiger partial charge is 0.257 e. The lowest BCUT2D eigenvalue weighted by Gasteiger charge is -2.18. The van der Waals surface area contributed by atoms with Crippen molar-refractivity contribution in [3.63, 3.8) is 0 Å². The van der Waals surface area contributed by atoms with Crippen molar-refractivity contribution in [2.75, 3.05) is 7.11 Å². The molecule has 0 radical (unpaired) electrons. The van der Waals surface area contributed by atoms with Crippen LogP contribution in [0.4, 0.5) is 4.39 Å². The van der Waals surface area contributed by atoms with Gasteiger partial charge in [-0.3, -0.25) is 9.36 Å². The average Bonchev–Trinajstić information content (AvgIpc) is 3.24. The van der Waals surface area contributed by atoms with Gasteiger partial charge >= 0.3 is 0 Å². The van der Waals surface area contributed by atoms with Crippen molar-refractivity contribution in [3.8, 4) is 23.1 Å². The quantitative estimate of drug-likeness (QED) is 0.642. The normalized spacial score (nSPS) is 13.0. The summed E-state index contributed by atoms with van der Waals surface area (Å²) < 4.78 is 26.2. The second-order valence-corrected chi connectivity index (χ2v) is 7.24. The monoisotopic (exact) mass is 408 g/mol. The molecular formula is C22H21FN4O3. The maximum Gasteiger partial charge on any atom is 0.257 e. The molecule has 154 valence electrons. The van der Waals surface area contributed by atoms with Crippen molar-refractivity contribution in [3.05, 3.63) is 62.7 Å². The SMILES string of the molecule is CCc1nc2c(c(=O)n1Cc1cc(-c3cc(C#N)c(F)c(OC)c3)on1)CCCC2. The molecule has 0 bridgehead atoms. The van der Waals surface area contributed by atoms with Gasteiger partial charge in [-0.15, -0.1) is 0 Å². The molecule has 3 aromatic rings. The zero-order valence-corrected chi connectivity index (χ0v) is 16.9. The number of hydrogen-bond donors (Lipinski definition) is 0. The molecule has 8 heteroatoms. The fourth-order valence-electron chi connectivity index (χ4n) is 3.83.